The van der Waals surface area contributed by atoms with Crippen molar-refractivity contribution in [1.29, 1.82) is 0 Å². The molecular formula is C15H31N. The van der Waals surface area contributed by atoms with E-state index in [0.29, 0.717) is 0 Å². The summed E-state index contributed by atoms with van der Waals surface area (Å²) in [7, 11) is 0. The van der Waals surface area contributed by atoms with Crippen LogP contribution in [0.1, 0.15) is 78.1 Å². The van der Waals surface area contributed by atoms with Crippen LogP contribution in [0.3, 0.4) is 0 Å². The lowest BCUT2D eigenvalue weighted by Crippen LogP contribution is -2.44. The van der Waals surface area contributed by atoms with Crippen molar-refractivity contribution in [1.82, 2.24) is 4.90 Å². The van der Waals surface area contributed by atoms with E-state index in [0.717, 1.165) is 6.04 Å². The molecule has 1 aliphatic heterocycles. The van der Waals surface area contributed by atoms with Crippen molar-refractivity contribution < 1.29 is 0 Å². The minimum Gasteiger partial charge on any atom is -0.300 e. The average Bonchev–Trinajstić information content (AvgIpc) is 2.23. The molecule has 0 spiro atoms. The van der Waals surface area contributed by atoms with Crippen molar-refractivity contribution >= 4 is 0 Å². The van der Waals surface area contributed by atoms with Gasteiger partial charge in [0.2, 0.25) is 0 Å². The second-order valence-electron chi connectivity index (χ2n) is 5.36. The van der Waals surface area contributed by atoms with Crippen molar-refractivity contribution in [2.45, 2.75) is 84.1 Å². The van der Waals surface area contributed by atoms with Gasteiger partial charge in [0, 0.05) is 6.04 Å². The lowest BCUT2D eigenvalue weighted by Gasteiger charge is -2.38. The summed E-state index contributed by atoms with van der Waals surface area (Å²) in [5.74, 6) is 0. The van der Waals surface area contributed by atoms with Gasteiger partial charge in [-0.3, -0.25) is 0 Å². The Hall–Kier alpha value is -0.0400. The van der Waals surface area contributed by atoms with E-state index >= 15 is 0 Å². The number of unbranched alkanes of at least 4 members (excludes halogenated alkanes) is 6. The van der Waals surface area contributed by atoms with E-state index in [9.17, 15) is 0 Å². The Morgan fingerprint density at radius 1 is 0.875 bits per heavy atom. The number of rotatable bonds is 10. The Morgan fingerprint density at radius 3 is 2.00 bits per heavy atom. The first kappa shape index (κ1) is 14.0. The van der Waals surface area contributed by atoms with Gasteiger partial charge in [0.1, 0.15) is 0 Å². The number of hydrogen-bond acceptors (Lipinski definition) is 1. The monoisotopic (exact) mass is 225 g/mol. The quantitative estimate of drug-likeness (QED) is 0.491. The van der Waals surface area contributed by atoms with E-state index in [2.05, 4.69) is 18.7 Å². The summed E-state index contributed by atoms with van der Waals surface area (Å²) in [6.45, 7) is 7.38. The molecule has 0 aliphatic carbocycles. The molecule has 0 saturated carbocycles. The maximum absolute atomic E-state index is 2.68. The third kappa shape index (κ3) is 5.34. The van der Waals surface area contributed by atoms with Gasteiger partial charge in [0.25, 0.3) is 0 Å². The summed E-state index contributed by atoms with van der Waals surface area (Å²) in [5, 5.41) is 0. The summed E-state index contributed by atoms with van der Waals surface area (Å²) in [5.41, 5.74) is 0. The zero-order valence-electron chi connectivity index (χ0n) is 11.5. The van der Waals surface area contributed by atoms with Gasteiger partial charge in [-0.05, 0) is 32.4 Å². The van der Waals surface area contributed by atoms with Gasteiger partial charge in [-0.2, -0.15) is 0 Å². The van der Waals surface area contributed by atoms with Crippen LogP contribution in [-0.4, -0.2) is 24.0 Å². The van der Waals surface area contributed by atoms with Gasteiger partial charge in [-0.1, -0.05) is 58.8 Å². The standard InChI is InChI=1S/C15H31N/c1-3-5-6-7-8-9-10-12-15(4-2)16-13-11-14-16/h15H,3-14H2,1-2H3. The molecule has 1 aliphatic rings. The zero-order valence-corrected chi connectivity index (χ0v) is 11.5. The predicted octanol–water partition coefficient (Wildman–Crippen LogP) is 4.61. The molecule has 0 aromatic heterocycles. The summed E-state index contributed by atoms with van der Waals surface area (Å²) in [4.78, 5) is 2.68. The van der Waals surface area contributed by atoms with Crippen LogP contribution in [-0.2, 0) is 0 Å². The molecule has 0 N–H and O–H groups in total. The highest BCUT2D eigenvalue weighted by atomic mass is 15.2. The summed E-state index contributed by atoms with van der Waals surface area (Å²) < 4.78 is 0. The first-order valence-electron chi connectivity index (χ1n) is 7.62. The zero-order chi connectivity index (χ0) is 11.6. The van der Waals surface area contributed by atoms with E-state index in [1.807, 2.05) is 0 Å². The predicted molar refractivity (Wildman–Crippen MR) is 72.9 cm³/mol. The fourth-order valence-electron chi connectivity index (χ4n) is 2.69. The van der Waals surface area contributed by atoms with Crippen LogP contribution in [0, 0.1) is 0 Å². The minimum absolute atomic E-state index is 0.907. The van der Waals surface area contributed by atoms with E-state index < -0.39 is 0 Å². The highest BCUT2D eigenvalue weighted by Crippen LogP contribution is 2.19. The Kier molecular flexibility index (Phi) is 7.92. The topological polar surface area (TPSA) is 3.24 Å². The van der Waals surface area contributed by atoms with Crippen LogP contribution in [0.4, 0.5) is 0 Å². The molecule has 16 heavy (non-hydrogen) atoms. The van der Waals surface area contributed by atoms with Gasteiger partial charge < -0.3 is 4.90 Å². The fraction of sp³-hybridized carbons (Fsp3) is 1.00. The molecule has 1 heteroatoms. The summed E-state index contributed by atoms with van der Waals surface area (Å²) in [6.07, 6.45) is 14.4. The maximum atomic E-state index is 2.68. The normalized spacial score (nSPS) is 18.4. The minimum atomic E-state index is 0.907. The lowest BCUT2D eigenvalue weighted by molar-refractivity contribution is 0.106. The number of hydrogen-bond donors (Lipinski definition) is 0. The third-order valence-corrected chi connectivity index (χ3v) is 4.02. The van der Waals surface area contributed by atoms with Gasteiger partial charge in [0.15, 0.2) is 0 Å². The van der Waals surface area contributed by atoms with Crippen LogP contribution in [0.2, 0.25) is 0 Å². The van der Waals surface area contributed by atoms with E-state index in [4.69, 9.17) is 0 Å². The molecule has 1 atom stereocenters. The highest BCUT2D eigenvalue weighted by molar-refractivity contribution is 4.77. The number of likely N-dealkylation sites (tertiary alicyclic amines) is 1. The molecule has 0 aromatic rings. The Balaban J connectivity index is 1.88. The van der Waals surface area contributed by atoms with Crippen LogP contribution < -0.4 is 0 Å². The molecule has 1 rings (SSSR count). The first-order chi connectivity index (χ1) is 7.88. The number of nitrogens with zero attached hydrogens (tertiary/aromatic N) is 1. The van der Waals surface area contributed by atoms with Crippen molar-refractivity contribution in [3.63, 3.8) is 0 Å². The van der Waals surface area contributed by atoms with Gasteiger partial charge in [-0.15, -0.1) is 0 Å². The van der Waals surface area contributed by atoms with E-state index in [1.54, 1.807) is 0 Å². The second kappa shape index (κ2) is 9.04. The lowest BCUT2D eigenvalue weighted by atomic mass is 10.00. The van der Waals surface area contributed by atoms with Crippen molar-refractivity contribution in [3.8, 4) is 0 Å². The average molecular weight is 225 g/mol. The molecule has 0 radical (unpaired) electrons. The van der Waals surface area contributed by atoms with Crippen molar-refractivity contribution in [3.05, 3.63) is 0 Å². The third-order valence-electron chi connectivity index (χ3n) is 4.02. The maximum Gasteiger partial charge on any atom is 0.00926 e. The van der Waals surface area contributed by atoms with Gasteiger partial charge >= 0.3 is 0 Å². The van der Waals surface area contributed by atoms with E-state index in [-0.39, 0.29) is 0 Å². The highest BCUT2D eigenvalue weighted by Gasteiger charge is 2.21. The molecule has 0 aromatic carbocycles. The second-order valence-corrected chi connectivity index (χ2v) is 5.36. The van der Waals surface area contributed by atoms with Gasteiger partial charge in [0.05, 0.1) is 0 Å². The SMILES string of the molecule is CCCCCCCCCC(CC)N1CCC1. The first-order valence-corrected chi connectivity index (χ1v) is 7.62. The molecule has 1 nitrogen and oxygen atoms in total. The molecule has 1 unspecified atom stereocenters. The molecule has 1 saturated heterocycles. The summed E-state index contributed by atoms with van der Waals surface area (Å²) in [6, 6.07) is 0.907. The molecular weight excluding hydrogens is 194 g/mol. The molecule has 0 amide bonds. The smallest absolute Gasteiger partial charge is 0.00926 e. The molecule has 0 bridgehead atoms. The summed E-state index contributed by atoms with van der Waals surface area (Å²) >= 11 is 0. The van der Waals surface area contributed by atoms with Crippen molar-refractivity contribution in [2.24, 2.45) is 0 Å². The molecule has 96 valence electrons. The van der Waals surface area contributed by atoms with Crippen LogP contribution >= 0.6 is 0 Å². The largest absolute Gasteiger partial charge is 0.300 e. The van der Waals surface area contributed by atoms with Gasteiger partial charge in [-0.25, -0.2) is 0 Å². The molecule has 1 fully saturated rings. The Bertz CT molecular complexity index is 152. The molecule has 1 heterocycles. The fourth-order valence-corrected chi connectivity index (χ4v) is 2.69. The Labute approximate surface area is 103 Å². The van der Waals surface area contributed by atoms with Crippen LogP contribution in [0.15, 0.2) is 0 Å². The van der Waals surface area contributed by atoms with E-state index in [1.165, 1.54) is 77.3 Å². The Morgan fingerprint density at radius 2 is 1.50 bits per heavy atom. The van der Waals surface area contributed by atoms with Crippen molar-refractivity contribution in [2.75, 3.05) is 13.1 Å². The van der Waals surface area contributed by atoms with Crippen LogP contribution in [0.25, 0.3) is 0 Å². The van der Waals surface area contributed by atoms with Crippen LogP contribution in [0.5, 0.6) is 0 Å².